The molecule has 94 valence electrons. The van der Waals surface area contributed by atoms with Gasteiger partial charge in [0.2, 0.25) is 0 Å². The van der Waals surface area contributed by atoms with Gasteiger partial charge in [0.25, 0.3) is 0 Å². The summed E-state index contributed by atoms with van der Waals surface area (Å²) in [5.74, 6) is 0. The highest BCUT2D eigenvalue weighted by Crippen LogP contribution is 2.16. The van der Waals surface area contributed by atoms with Gasteiger partial charge in [0.15, 0.2) is 0 Å². The lowest BCUT2D eigenvalue weighted by molar-refractivity contribution is -0.142. The first-order valence-corrected chi connectivity index (χ1v) is 4.41. The first-order valence-electron chi connectivity index (χ1n) is 4.41. The lowest BCUT2D eigenvalue weighted by Gasteiger charge is -2.05. The lowest BCUT2D eigenvalue weighted by atomic mass is 10.3. The smallest absolute Gasteiger partial charge is 0.395 e. The summed E-state index contributed by atoms with van der Waals surface area (Å²) in [6, 6.07) is 0. The molecule has 2 N–H and O–H groups in total. The van der Waals surface area contributed by atoms with Gasteiger partial charge in [0.05, 0.1) is 12.8 Å². The Hall–Kier alpha value is -0.790. The second-order valence-corrected chi connectivity index (χ2v) is 3.06. The van der Waals surface area contributed by atoms with Gasteiger partial charge in [-0.05, 0) is 0 Å². The molecule has 0 aliphatic carbocycles. The summed E-state index contributed by atoms with van der Waals surface area (Å²) in [5.41, 5.74) is 0.660. The first-order chi connectivity index (χ1) is 7.01. The maximum atomic E-state index is 11.9. The maximum Gasteiger partial charge on any atom is 0.408 e. The zero-order valence-electron chi connectivity index (χ0n) is 8.37. The number of hydrogen-bond acceptors (Lipinski definition) is 3. The molecule has 0 spiro atoms. The van der Waals surface area contributed by atoms with Crippen molar-refractivity contribution in [1.82, 2.24) is 15.1 Å². The van der Waals surface area contributed by atoms with Crippen molar-refractivity contribution in [3.63, 3.8) is 0 Å². The summed E-state index contributed by atoms with van der Waals surface area (Å²) >= 11 is 0. The van der Waals surface area contributed by atoms with E-state index in [-0.39, 0.29) is 19.0 Å². The minimum atomic E-state index is -4.25. The van der Waals surface area contributed by atoms with Gasteiger partial charge in [-0.25, -0.2) is 0 Å². The van der Waals surface area contributed by atoms with Gasteiger partial charge >= 0.3 is 6.18 Å². The van der Waals surface area contributed by atoms with Crippen molar-refractivity contribution in [2.24, 2.45) is 0 Å². The third-order valence-corrected chi connectivity index (χ3v) is 1.65. The lowest BCUT2D eigenvalue weighted by Crippen LogP contribution is -2.18. The topological polar surface area (TPSA) is 50.1 Å². The van der Waals surface area contributed by atoms with Crippen LogP contribution in [0, 0.1) is 0 Å². The van der Waals surface area contributed by atoms with Crippen LogP contribution < -0.4 is 5.32 Å². The average Bonchev–Trinajstić information content (AvgIpc) is 2.50. The Bertz CT molecular complexity index is 303. The van der Waals surface area contributed by atoms with Gasteiger partial charge in [-0.2, -0.15) is 18.3 Å². The van der Waals surface area contributed by atoms with Crippen molar-refractivity contribution in [3.8, 4) is 0 Å². The molecule has 1 aromatic heterocycles. The van der Waals surface area contributed by atoms with Crippen molar-refractivity contribution >= 4 is 12.4 Å². The van der Waals surface area contributed by atoms with E-state index in [1.165, 1.54) is 12.4 Å². The highest BCUT2D eigenvalue weighted by Gasteiger charge is 2.28. The number of aromatic nitrogens is 2. The van der Waals surface area contributed by atoms with Crippen LogP contribution >= 0.6 is 12.4 Å². The van der Waals surface area contributed by atoms with Crippen molar-refractivity contribution in [3.05, 3.63) is 18.0 Å². The summed E-state index contributed by atoms with van der Waals surface area (Å²) in [4.78, 5) is 0. The third kappa shape index (κ3) is 5.94. The number of nitrogens with zero attached hydrogens (tertiary/aromatic N) is 2. The highest BCUT2D eigenvalue weighted by molar-refractivity contribution is 5.85. The van der Waals surface area contributed by atoms with E-state index in [9.17, 15) is 13.2 Å². The maximum absolute atomic E-state index is 11.9. The summed E-state index contributed by atoms with van der Waals surface area (Å²) in [6.07, 6.45) is -1.55. The molecule has 16 heavy (non-hydrogen) atoms. The number of aliphatic hydroxyl groups excluding tert-OH is 1. The van der Waals surface area contributed by atoms with Gasteiger partial charge in [-0.15, -0.1) is 12.4 Å². The van der Waals surface area contributed by atoms with Crippen LogP contribution in [0.4, 0.5) is 13.2 Å². The molecule has 0 unspecified atom stereocenters. The highest BCUT2D eigenvalue weighted by atomic mass is 35.5. The van der Waals surface area contributed by atoms with Crippen LogP contribution in [0.2, 0.25) is 0 Å². The standard InChI is InChI=1S/C8H12F3N3O.ClH/c9-8(10,11)6-14-5-7(4-13-14)3-12-1-2-15;/h4-5,12,15H,1-3,6H2;1H. The fraction of sp³-hybridized carbons (Fsp3) is 0.625. The molecule has 4 nitrogen and oxygen atoms in total. The van der Waals surface area contributed by atoms with Gasteiger partial charge in [0.1, 0.15) is 6.54 Å². The van der Waals surface area contributed by atoms with Crippen LogP contribution in [0.3, 0.4) is 0 Å². The summed E-state index contributed by atoms with van der Waals surface area (Å²) in [5, 5.41) is 14.9. The Balaban J connectivity index is 0.00000225. The number of rotatable bonds is 5. The first kappa shape index (κ1) is 15.2. The Morgan fingerprint density at radius 1 is 1.44 bits per heavy atom. The fourth-order valence-corrected chi connectivity index (χ4v) is 1.08. The molecule has 8 heteroatoms. The number of nitrogens with one attached hydrogen (secondary N) is 1. The summed E-state index contributed by atoms with van der Waals surface area (Å²) < 4.78 is 36.7. The normalized spacial score (nSPS) is 11.2. The van der Waals surface area contributed by atoms with Crippen LogP contribution in [0.1, 0.15) is 5.56 Å². The minimum absolute atomic E-state index is 0. The zero-order valence-corrected chi connectivity index (χ0v) is 9.18. The molecular weight excluding hydrogens is 247 g/mol. The fourth-order valence-electron chi connectivity index (χ4n) is 1.08. The van der Waals surface area contributed by atoms with Gasteiger partial charge in [0, 0.05) is 24.8 Å². The quantitative estimate of drug-likeness (QED) is 0.774. The Morgan fingerprint density at radius 3 is 2.69 bits per heavy atom. The molecule has 0 saturated carbocycles. The van der Waals surface area contributed by atoms with Crippen molar-refractivity contribution in [2.75, 3.05) is 13.2 Å². The van der Waals surface area contributed by atoms with E-state index in [1.54, 1.807) is 0 Å². The Kier molecular flexibility index (Phi) is 6.39. The Labute approximate surface area is 96.9 Å². The van der Waals surface area contributed by atoms with Crippen molar-refractivity contribution in [1.29, 1.82) is 0 Å². The second-order valence-electron chi connectivity index (χ2n) is 3.06. The van der Waals surface area contributed by atoms with Crippen LogP contribution in [0.25, 0.3) is 0 Å². The van der Waals surface area contributed by atoms with Crippen LogP contribution in [0.5, 0.6) is 0 Å². The third-order valence-electron chi connectivity index (χ3n) is 1.65. The van der Waals surface area contributed by atoms with E-state index >= 15 is 0 Å². The molecule has 0 bridgehead atoms. The number of alkyl halides is 3. The van der Waals surface area contributed by atoms with Crippen LogP contribution in [-0.2, 0) is 13.1 Å². The van der Waals surface area contributed by atoms with E-state index in [0.29, 0.717) is 18.7 Å². The number of hydrogen-bond donors (Lipinski definition) is 2. The van der Waals surface area contributed by atoms with Gasteiger partial charge in [-0.1, -0.05) is 0 Å². The number of halogens is 4. The molecule has 0 amide bonds. The summed E-state index contributed by atoms with van der Waals surface area (Å²) in [6.45, 7) is -0.271. The predicted molar refractivity (Wildman–Crippen MR) is 54.3 cm³/mol. The average molecular weight is 260 g/mol. The molecule has 0 fully saturated rings. The largest absolute Gasteiger partial charge is 0.408 e. The molecule has 1 heterocycles. The van der Waals surface area contributed by atoms with Crippen molar-refractivity contribution < 1.29 is 18.3 Å². The van der Waals surface area contributed by atoms with Gasteiger partial charge in [-0.3, -0.25) is 4.68 Å². The molecule has 0 aliphatic rings. The molecule has 1 aromatic rings. The zero-order chi connectivity index (χ0) is 11.3. The Morgan fingerprint density at radius 2 is 2.12 bits per heavy atom. The van der Waals surface area contributed by atoms with Crippen LogP contribution in [0.15, 0.2) is 12.4 Å². The molecular formula is C8H13ClF3N3O. The number of aliphatic hydroxyl groups is 1. The van der Waals surface area contributed by atoms with E-state index in [4.69, 9.17) is 5.11 Å². The van der Waals surface area contributed by atoms with E-state index < -0.39 is 12.7 Å². The minimum Gasteiger partial charge on any atom is -0.395 e. The molecule has 1 rings (SSSR count). The predicted octanol–water partition coefficient (Wildman–Crippen LogP) is 0.949. The molecule has 0 saturated heterocycles. The molecule has 0 aromatic carbocycles. The van der Waals surface area contributed by atoms with E-state index in [0.717, 1.165) is 4.68 Å². The molecule has 0 atom stereocenters. The monoisotopic (exact) mass is 259 g/mol. The molecule has 0 radical (unpaired) electrons. The van der Waals surface area contributed by atoms with Crippen LogP contribution in [-0.4, -0.2) is 34.2 Å². The van der Waals surface area contributed by atoms with Gasteiger partial charge < -0.3 is 10.4 Å². The second kappa shape index (κ2) is 6.72. The van der Waals surface area contributed by atoms with Crippen molar-refractivity contribution in [2.45, 2.75) is 19.3 Å². The van der Waals surface area contributed by atoms with E-state index in [1.807, 2.05) is 0 Å². The molecule has 0 aliphatic heterocycles. The van der Waals surface area contributed by atoms with E-state index in [2.05, 4.69) is 10.4 Å². The summed E-state index contributed by atoms with van der Waals surface area (Å²) in [7, 11) is 0. The SMILES string of the molecule is Cl.OCCNCc1cnn(CC(F)(F)F)c1.